The van der Waals surface area contributed by atoms with Crippen LogP contribution in [0, 0.1) is 18.3 Å². The number of rotatable bonds is 9. The molecule has 0 amide bonds. The number of hydrogen-bond donors (Lipinski definition) is 1. The lowest BCUT2D eigenvalue weighted by Crippen LogP contribution is -2.05. The van der Waals surface area contributed by atoms with Crippen LogP contribution in [0.25, 0.3) is 0 Å². The van der Waals surface area contributed by atoms with E-state index in [-0.39, 0.29) is 11.7 Å². The third-order valence-corrected chi connectivity index (χ3v) is 5.23. The minimum atomic E-state index is -0.0908. The number of terminal acetylenes is 1. The minimum absolute atomic E-state index is 0.0908. The second kappa shape index (κ2) is 10.1. The van der Waals surface area contributed by atoms with Gasteiger partial charge in [-0.2, -0.15) is 0 Å². The third kappa shape index (κ3) is 6.46. The molecular formula is C24H32O. The SMILES string of the molecule is C#CC(CC(=C)O)c1ccc(CCC2=CC(CCCC)CCC2)cc1. The molecule has 0 saturated heterocycles. The van der Waals surface area contributed by atoms with Gasteiger partial charge in [-0.05, 0) is 55.6 Å². The summed E-state index contributed by atoms with van der Waals surface area (Å²) in [7, 11) is 0. The molecule has 1 nitrogen and oxygen atoms in total. The zero-order valence-corrected chi connectivity index (χ0v) is 15.6. The van der Waals surface area contributed by atoms with Gasteiger partial charge in [-0.1, -0.05) is 68.2 Å². The Hall–Kier alpha value is -1.94. The summed E-state index contributed by atoms with van der Waals surface area (Å²) < 4.78 is 0. The molecule has 1 aromatic carbocycles. The molecule has 2 unspecified atom stereocenters. The number of aliphatic hydroxyl groups is 1. The quantitative estimate of drug-likeness (QED) is 0.302. The van der Waals surface area contributed by atoms with Crippen LogP contribution in [0.3, 0.4) is 0 Å². The van der Waals surface area contributed by atoms with Crippen molar-refractivity contribution < 1.29 is 5.11 Å². The molecule has 0 fully saturated rings. The molecule has 1 aromatic rings. The van der Waals surface area contributed by atoms with Crippen LogP contribution in [-0.2, 0) is 6.42 Å². The lowest BCUT2D eigenvalue weighted by Gasteiger charge is -2.21. The first-order valence-corrected chi connectivity index (χ1v) is 9.73. The predicted octanol–water partition coefficient (Wildman–Crippen LogP) is 6.71. The third-order valence-electron chi connectivity index (χ3n) is 5.23. The second-order valence-corrected chi connectivity index (χ2v) is 7.35. The average Bonchev–Trinajstić information content (AvgIpc) is 2.63. The van der Waals surface area contributed by atoms with Crippen LogP contribution in [0.1, 0.15) is 75.3 Å². The Kier molecular flexibility index (Phi) is 7.86. The topological polar surface area (TPSA) is 20.2 Å². The minimum Gasteiger partial charge on any atom is -0.513 e. The lowest BCUT2D eigenvalue weighted by molar-refractivity contribution is 0.386. The van der Waals surface area contributed by atoms with E-state index in [0.717, 1.165) is 17.9 Å². The Balaban J connectivity index is 1.90. The normalized spacial score (nSPS) is 18.2. The molecule has 134 valence electrons. The van der Waals surface area contributed by atoms with Crippen LogP contribution in [0.5, 0.6) is 0 Å². The Bertz CT molecular complexity index is 614. The van der Waals surface area contributed by atoms with Crippen LogP contribution in [-0.4, -0.2) is 5.11 Å². The average molecular weight is 337 g/mol. The summed E-state index contributed by atoms with van der Waals surface area (Å²) in [5.74, 6) is 3.61. The molecular weight excluding hydrogens is 304 g/mol. The van der Waals surface area contributed by atoms with Gasteiger partial charge in [-0.25, -0.2) is 0 Å². The standard InChI is InChI=1S/C24H32O/c1-4-6-8-21-9-7-10-22(18-21)12-11-20-13-15-24(16-14-20)23(5-2)17-19(3)25/h2,13-16,18,21,23,25H,3-4,6-12,17H2,1H3. The maximum atomic E-state index is 9.38. The van der Waals surface area contributed by atoms with Crippen molar-refractivity contribution in [3.05, 3.63) is 59.4 Å². The summed E-state index contributed by atoms with van der Waals surface area (Å²) in [5.41, 5.74) is 4.09. The molecule has 0 radical (unpaired) electrons. The van der Waals surface area contributed by atoms with E-state index in [1.807, 2.05) is 0 Å². The van der Waals surface area contributed by atoms with Gasteiger partial charge in [0, 0.05) is 6.42 Å². The fourth-order valence-electron chi connectivity index (χ4n) is 3.72. The van der Waals surface area contributed by atoms with E-state index >= 15 is 0 Å². The summed E-state index contributed by atoms with van der Waals surface area (Å²) >= 11 is 0. The summed E-state index contributed by atoms with van der Waals surface area (Å²) in [6, 6.07) is 8.56. The molecule has 1 N–H and O–H groups in total. The van der Waals surface area contributed by atoms with Gasteiger partial charge in [-0.15, -0.1) is 6.42 Å². The van der Waals surface area contributed by atoms with Crippen molar-refractivity contribution in [2.24, 2.45) is 5.92 Å². The monoisotopic (exact) mass is 336 g/mol. The zero-order chi connectivity index (χ0) is 18.1. The van der Waals surface area contributed by atoms with Gasteiger partial charge in [-0.3, -0.25) is 0 Å². The molecule has 2 atom stereocenters. The Morgan fingerprint density at radius 2 is 2.08 bits per heavy atom. The largest absolute Gasteiger partial charge is 0.513 e. The Morgan fingerprint density at radius 3 is 2.72 bits per heavy atom. The van der Waals surface area contributed by atoms with E-state index < -0.39 is 0 Å². The highest BCUT2D eigenvalue weighted by Crippen LogP contribution is 2.29. The van der Waals surface area contributed by atoms with E-state index in [9.17, 15) is 5.11 Å². The number of allylic oxidation sites excluding steroid dienone is 3. The van der Waals surface area contributed by atoms with Gasteiger partial charge < -0.3 is 5.11 Å². The summed E-state index contributed by atoms with van der Waals surface area (Å²) in [6.45, 7) is 5.82. The van der Waals surface area contributed by atoms with Crippen LogP contribution in [0.2, 0.25) is 0 Å². The van der Waals surface area contributed by atoms with E-state index in [0.29, 0.717) is 6.42 Å². The van der Waals surface area contributed by atoms with Gasteiger partial charge in [0.1, 0.15) is 0 Å². The van der Waals surface area contributed by atoms with Crippen LogP contribution >= 0.6 is 0 Å². The molecule has 1 aliphatic carbocycles. The number of aryl methyl sites for hydroxylation is 1. The number of aliphatic hydroxyl groups excluding tert-OH is 1. The van der Waals surface area contributed by atoms with Crippen molar-refractivity contribution in [3.63, 3.8) is 0 Å². The fourth-order valence-corrected chi connectivity index (χ4v) is 3.72. The highest BCUT2D eigenvalue weighted by Gasteiger charge is 2.13. The first-order chi connectivity index (χ1) is 12.1. The van der Waals surface area contributed by atoms with Crippen molar-refractivity contribution >= 4 is 0 Å². The summed E-state index contributed by atoms with van der Waals surface area (Å²) in [6.07, 6.45) is 18.9. The molecule has 0 bridgehead atoms. The first-order valence-electron chi connectivity index (χ1n) is 9.73. The van der Waals surface area contributed by atoms with Crippen molar-refractivity contribution in [1.82, 2.24) is 0 Å². The molecule has 0 saturated carbocycles. The number of unbranched alkanes of at least 4 members (excludes halogenated alkanes) is 1. The van der Waals surface area contributed by atoms with E-state index in [2.05, 4.69) is 49.8 Å². The Morgan fingerprint density at radius 1 is 1.32 bits per heavy atom. The molecule has 0 spiro atoms. The molecule has 2 rings (SSSR count). The van der Waals surface area contributed by atoms with Gasteiger partial charge in [0.05, 0.1) is 11.7 Å². The molecule has 0 aliphatic heterocycles. The summed E-state index contributed by atoms with van der Waals surface area (Å²) in [5, 5.41) is 9.38. The van der Waals surface area contributed by atoms with Gasteiger partial charge in [0.25, 0.3) is 0 Å². The molecule has 0 heterocycles. The summed E-state index contributed by atoms with van der Waals surface area (Å²) in [4.78, 5) is 0. The number of benzene rings is 1. The van der Waals surface area contributed by atoms with E-state index in [1.165, 1.54) is 50.5 Å². The second-order valence-electron chi connectivity index (χ2n) is 7.35. The lowest BCUT2D eigenvalue weighted by atomic mass is 9.85. The molecule has 1 aliphatic rings. The maximum Gasteiger partial charge on any atom is 0.0866 e. The Labute approximate surface area is 153 Å². The van der Waals surface area contributed by atoms with Gasteiger partial charge in [0.2, 0.25) is 0 Å². The van der Waals surface area contributed by atoms with E-state index in [1.54, 1.807) is 5.57 Å². The van der Waals surface area contributed by atoms with Crippen LogP contribution < -0.4 is 0 Å². The smallest absolute Gasteiger partial charge is 0.0866 e. The van der Waals surface area contributed by atoms with Crippen molar-refractivity contribution in [2.75, 3.05) is 0 Å². The van der Waals surface area contributed by atoms with Crippen LogP contribution in [0.4, 0.5) is 0 Å². The molecule has 25 heavy (non-hydrogen) atoms. The zero-order valence-electron chi connectivity index (χ0n) is 15.6. The van der Waals surface area contributed by atoms with Crippen LogP contribution in [0.15, 0.2) is 48.3 Å². The molecule has 0 aromatic heterocycles. The van der Waals surface area contributed by atoms with Gasteiger partial charge >= 0.3 is 0 Å². The van der Waals surface area contributed by atoms with E-state index in [4.69, 9.17) is 6.42 Å². The molecule has 1 heteroatoms. The number of hydrogen-bond acceptors (Lipinski definition) is 1. The highest BCUT2D eigenvalue weighted by atomic mass is 16.3. The van der Waals surface area contributed by atoms with Crippen molar-refractivity contribution in [3.8, 4) is 12.3 Å². The van der Waals surface area contributed by atoms with Crippen molar-refractivity contribution in [1.29, 1.82) is 0 Å². The highest BCUT2D eigenvalue weighted by molar-refractivity contribution is 5.31. The first kappa shape index (κ1) is 19.4. The maximum absolute atomic E-state index is 9.38. The fraction of sp³-hybridized carbons (Fsp3) is 0.500. The predicted molar refractivity (Wildman–Crippen MR) is 108 cm³/mol. The van der Waals surface area contributed by atoms with Crippen molar-refractivity contribution in [2.45, 2.75) is 70.6 Å². The van der Waals surface area contributed by atoms with Gasteiger partial charge in [0.15, 0.2) is 0 Å².